The number of benzene rings is 1. The molecule has 0 amide bonds. The Hall–Kier alpha value is -2.08. The lowest BCUT2D eigenvalue weighted by molar-refractivity contribution is 0.182. The lowest BCUT2D eigenvalue weighted by Gasteiger charge is -2.10. The zero-order valence-electron chi connectivity index (χ0n) is 10.1. The molecule has 2 rings (SSSR count). The number of nitrogens with one attached hydrogen (secondary N) is 3. The molecule has 1 atom stereocenters. The molecule has 0 aliphatic heterocycles. The van der Waals surface area contributed by atoms with Crippen molar-refractivity contribution in [2.24, 2.45) is 0 Å². The standard InChI is InChI=1S/C12H16N4O2/c1-2-8-3-5-9(6-4-8)13-7-10(17)11-14-12(18)16-15-11/h3-6,10,13,17H,2,7H2,1H3,(H2,14,15,16,18). The highest BCUT2D eigenvalue weighted by molar-refractivity contribution is 5.44. The van der Waals surface area contributed by atoms with E-state index in [1.165, 1.54) is 5.56 Å². The summed E-state index contributed by atoms with van der Waals surface area (Å²) in [5.74, 6) is 0.234. The molecule has 1 aromatic carbocycles. The van der Waals surface area contributed by atoms with Crippen LogP contribution in [0.15, 0.2) is 29.1 Å². The van der Waals surface area contributed by atoms with Gasteiger partial charge in [-0.3, -0.25) is 4.98 Å². The average molecular weight is 248 g/mol. The third kappa shape index (κ3) is 2.98. The number of aromatic amines is 2. The first-order valence-electron chi connectivity index (χ1n) is 5.84. The van der Waals surface area contributed by atoms with Gasteiger partial charge in [0.1, 0.15) is 6.10 Å². The fourth-order valence-corrected chi connectivity index (χ4v) is 1.61. The number of aliphatic hydroxyl groups excluding tert-OH is 1. The van der Waals surface area contributed by atoms with Gasteiger partial charge < -0.3 is 10.4 Å². The Morgan fingerprint density at radius 1 is 1.39 bits per heavy atom. The molecule has 6 nitrogen and oxygen atoms in total. The minimum Gasteiger partial charge on any atom is -0.383 e. The first-order chi connectivity index (χ1) is 8.69. The molecular weight excluding hydrogens is 232 g/mol. The van der Waals surface area contributed by atoms with Crippen molar-refractivity contribution in [3.8, 4) is 0 Å². The Morgan fingerprint density at radius 2 is 2.11 bits per heavy atom. The van der Waals surface area contributed by atoms with Crippen molar-refractivity contribution in [3.05, 3.63) is 46.1 Å². The second kappa shape index (κ2) is 5.50. The van der Waals surface area contributed by atoms with Crippen LogP contribution in [0.25, 0.3) is 0 Å². The highest BCUT2D eigenvalue weighted by Gasteiger charge is 2.10. The third-order valence-corrected chi connectivity index (χ3v) is 2.70. The molecule has 0 radical (unpaired) electrons. The number of aliphatic hydroxyl groups is 1. The lowest BCUT2D eigenvalue weighted by Crippen LogP contribution is -2.14. The fraction of sp³-hybridized carbons (Fsp3) is 0.333. The Kier molecular flexibility index (Phi) is 3.78. The monoisotopic (exact) mass is 248 g/mol. The van der Waals surface area contributed by atoms with Gasteiger partial charge in [0.05, 0.1) is 0 Å². The van der Waals surface area contributed by atoms with Gasteiger partial charge >= 0.3 is 5.69 Å². The molecule has 0 saturated carbocycles. The minimum absolute atomic E-state index is 0.234. The van der Waals surface area contributed by atoms with Crippen LogP contribution < -0.4 is 11.0 Å². The molecular formula is C12H16N4O2. The van der Waals surface area contributed by atoms with Gasteiger partial charge in [-0.2, -0.15) is 5.10 Å². The predicted molar refractivity (Wildman–Crippen MR) is 68.5 cm³/mol. The van der Waals surface area contributed by atoms with Gasteiger partial charge in [-0.15, -0.1) is 0 Å². The number of aryl methyl sites for hydroxylation is 1. The Balaban J connectivity index is 1.92. The second-order valence-corrected chi connectivity index (χ2v) is 4.01. The van der Waals surface area contributed by atoms with Crippen LogP contribution in [0.5, 0.6) is 0 Å². The van der Waals surface area contributed by atoms with E-state index in [0.29, 0.717) is 0 Å². The van der Waals surface area contributed by atoms with E-state index in [-0.39, 0.29) is 12.4 Å². The lowest BCUT2D eigenvalue weighted by atomic mass is 10.1. The van der Waals surface area contributed by atoms with Gasteiger partial charge in [0.2, 0.25) is 0 Å². The van der Waals surface area contributed by atoms with E-state index in [0.717, 1.165) is 12.1 Å². The zero-order valence-corrected chi connectivity index (χ0v) is 10.1. The maximum absolute atomic E-state index is 10.8. The number of aromatic nitrogens is 3. The summed E-state index contributed by atoms with van der Waals surface area (Å²) < 4.78 is 0. The molecule has 96 valence electrons. The van der Waals surface area contributed by atoms with Gasteiger partial charge in [-0.25, -0.2) is 9.89 Å². The molecule has 2 aromatic rings. The molecule has 4 N–H and O–H groups in total. The van der Waals surface area contributed by atoms with Crippen LogP contribution in [0.3, 0.4) is 0 Å². The summed E-state index contributed by atoms with van der Waals surface area (Å²) in [5, 5.41) is 18.7. The average Bonchev–Trinajstić information content (AvgIpc) is 2.83. The van der Waals surface area contributed by atoms with E-state index >= 15 is 0 Å². The summed E-state index contributed by atoms with van der Waals surface area (Å²) in [6, 6.07) is 7.98. The number of hydrogen-bond acceptors (Lipinski definition) is 4. The predicted octanol–water partition coefficient (Wildman–Crippen LogP) is 0.806. The van der Waals surface area contributed by atoms with Crippen LogP contribution in [0.2, 0.25) is 0 Å². The Labute approximate surface area is 104 Å². The van der Waals surface area contributed by atoms with Gasteiger partial charge in [0, 0.05) is 12.2 Å². The topological polar surface area (TPSA) is 93.8 Å². The number of nitrogens with zero attached hydrogens (tertiary/aromatic N) is 1. The van der Waals surface area contributed by atoms with Gasteiger partial charge in [-0.05, 0) is 24.1 Å². The van der Waals surface area contributed by atoms with E-state index in [2.05, 4.69) is 27.4 Å². The molecule has 1 unspecified atom stereocenters. The molecule has 0 aliphatic carbocycles. The van der Waals surface area contributed by atoms with E-state index in [1.54, 1.807) is 0 Å². The molecule has 1 aromatic heterocycles. The molecule has 0 aliphatic rings. The maximum atomic E-state index is 10.8. The fourth-order valence-electron chi connectivity index (χ4n) is 1.61. The van der Waals surface area contributed by atoms with E-state index in [9.17, 15) is 9.90 Å². The smallest absolute Gasteiger partial charge is 0.340 e. The van der Waals surface area contributed by atoms with Crippen molar-refractivity contribution >= 4 is 5.69 Å². The number of hydrogen-bond donors (Lipinski definition) is 4. The third-order valence-electron chi connectivity index (χ3n) is 2.70. The Bertz CT molecular complexity index is 544. The van der Waals surface area contributed by atoms with Crippen LogP contribution in [0.4, 0.5) is 5.69 Å². The van der Waals surface area contributed by atoms with Crippen molar-refractivity contribution in [2.75, 3.05) is 11.9 Å². The number of anilines is 1. The summed E-state index contributed by atoms with van der Waals surface area (Å²) in [6.07, 6.45) is 0.145. The number of H-pyrrole nitrogens is 2. The van der Waals surface area contributed by atoms with Crippen LogP contribution in [0, 0.1) is 0 Å². The van der Waals surface area contributed by atoms with Crippen molar-refractivity contribution in [1.82, 2.24) is 15.2 Å². The molecule has 1 heterocycles. The Morgan fingerprint density at radius 3 is 2.67 bits per heavy atom. The minimum atomic E-state index is -0.852. The van der Waals surface area contributed by atoms with Gasteiger partial charge in [0.15, 0.2) is 5.82 Å². The van der Waals surface area contributed by atoms with Crippen LogP contribution in [-0.4, -0.2) is 26.8 Å². The zero-order chi connectivity index (χ0) is 13.0. The number of rotatable bonds is 5. The quantitative estimate of drug-likeness (QED) is 0.629. The van der Waals surface area contributed by atoms with E-state index in [1.807, 2.05) is 24.3 Å². The first kappa shape index (κ1) is 12.4. The van der Waals surface area contributed by atoms with Gasteiger partial charge in [-0.1, -0.05) is 19.1 Å². The molecule has 6 heteroatoms. The van der Waals surface area contributed by atoms with Crippen molar-refractivity contribution < 1.29 is 5.11 Å². The van der Waals surface area contributed by atoms with E-state index in [4.69, 9.17) is 0 Å². The van der Waals surface area contributed by atoms with Crippen LogP contribution in [-0.2, 0) is 6.42 Å². The van der Waals surface area contributed by atoms with Crippen LogP contribution >= 0.6 is 0 Å². The summed E-state index contributed by atoms with van der Waals surface area (Å²) in [6.45, 7) is 2.38. The van der Waals surface area contributed by atoms with Gasteiger partial charge in [0.25, 0.3) is 0 Å². The summed E-state index contributed by atoms with van der Waals surface area (Å²) in [5.41, 5.74) is 1.76. The van der Waals surface area contributed by atoms with Crippen molar-refractivity contribution in [2.45, 2.75) is 19.4 Å². The summed E-state index contributed by atoms with van der Waals surface area (Å²) >= 11 is 0. The van der Waals surface area contributed by atoms with Crippen molar-refractivity contribution in [1.29, 1.82) is 0 Å². The molecule has 0 fully saturated rings. The summed E-state index contributed by atoms with van der Waals surface area (Å²) in [7, 11) is 0. The second-order valence-electron chi connectivity index (χ2n) is 4.01. The van der Waals surface area contributed by atoms with Crippen molar-refractivity contribution in [3.63, 3.8) is 0 Å². The summed E-state index contributed by atoms with van der Waals surface area (Å²) in [4.78, 5) is 13.3. The highest BCUT2D eigenvalue weighted by Crippen LogP contribution is 2.12. The first-order valence-corrected chi connectivity index (χ1v) is 5.84. The van der Waals surface area contributed by atoms with Crippen LogP contribution in [0.1, 0.15) is 24.4 Å². The maximum Gasteiger partial charge on any atom is 0.340 e. The highest BCUT2D eigenvalue weighted by atomic mass is 16.3. The SMILES string of the molecule is CCc1ccc(NCC(O)c2n[nH]c(=O)[nH]2)cc1. The molecule has 0 spiro atoms. The molecule has 18 heavy (non-hydrogen) atoms. The largest absolute Gasteiger partial charge is 0.383 e. The normalized spacial score (nSPS) is 12.3. The molecule has 0 bridgehead atoms. The van der Waals surface area contributed by atoms with E-state index < -0.39 is 11.8 Å². The molecule has 0 saturated heterocycles.